The van der Waals surface area contributed by atoms with E-state index in [1.165, 1.54) is 0 Å². The molecule has 0 saturated carbocycles. The molecule has 0 aliphatic carbocycles. The number of carbonyl (C=O) groups excluding carboxylic acids is 1. The molecule has 1 aromatic heterocycles. The monoisotopic (exact) mass is 475 g/mol. The first-order chi connectivity index (χ1) is 14.0. The number of phenols is 1. The predicted molar refractivity (Wildman–Crippen MR) is 115 cm³/mol. The fraction of sp³-hybridized carbons (Fsp3) is 0.211. The third-order valence-electron chi connectivity index (χ3n) is 4.60. The Morgan fingerprint density at radius 3 is 2.34 bits per heavy atom. The van der Waals surface area contributed by atoms with E-state index in [9.17, 15) is 14.5 Å². The van der Waals surface area contributed by atoms with Crippen LogP contribution in [0.5, 0.6) is 5.75 Å². The first-order valence-corrected chi connectivity index (χ1v) is 10.9. The van der Waals surface area contributed by atoms with Crippen LogP contribution >= 0.6 is 27.1 Å². The van der Waals surface area contributed by atoms with Crippen LogP contribution in [0, 0.1) is 0 Å². The predicted octanol–water partition coefficient (Wildman–Crippen LogP) is 4.40. The fourth-order valence-electron chi connectivity index (χ4n) is 3.15. The molecule has 0 spiro atoms. The maximum absolute atomic E-state index is 12.7. The largest absolute Gasteiger partial charge is 0.546 e. The third-order valence-corrected chi connectivity index (χ3v) is 5.97. The van der Waals surface area contributed by atoms with Gasteiger partial charge in [-0.2, -0.15) is 0 Å². The zero-order chi connectivity index (χ0) is 20.4. The Morgan fingerprint density at radius 2 is 1.66 bits per heavy atom. The van der Waals surface area contributed by atoms with E-state index in [0.29, 0.717) is 13.1 Å². The van der Waals surface area contributed by atoms with Crippen LogP contribution in [0.15, 0.2) is 46.9 Å². The Morgan fingerprint density at radius 1 is 1.03 bits per heavy atom. The minimum atomic E-state index is -1.78. The number of aromatic nitrogens is 2. The quantitative estimate of drug-likeness (QED) is 0.370. The lowest BCUT2D eigenvalue weighted by molar-refractivity contribution is 0.0790. The highest BCUT2D eigenvalue weighted by Crippen LogP contribution is 2.36. The molecule has 1 atom stereocenters. The van der Waals surface area contributed by atoms with Crippen molar-refractivity contribution in [2.75, 3.05) is 23.7 Å². The Bertz CT molecular complexity index is 1050. The number of amides is 1. The molecule has 1 unspecified atom stereocenters. The van der Waals surface area contributed by atoms with E-state index in [4.69, 9.17) is 0 Å². The van der Waals surface area contributed by atoms with Crippen LogP contribution in [-0.2, 0) is 0 Å². The molecule has 150 valence electrons. The summed E-state index contributed by atoms with van der Waals surface area (Å²) < 4.78 is 20.7. The summed E-state index contributed by atoms with van der Waals surface area (Å²) in [6, 6.07) is 12.3. The highest BCUT2D eigenvalue weighted by atomic mass is 79.9. The number of carbonyl (C=O) groups is 1. The molecule has 0 radical (unpaired) electrons. The Labute approximate surface area is 178 Å². The van der Waals surface area contributed by atoms with Gasteiger partial charge in [-0.3, -0.25) is 4.79 Å². The smallest absolute Gasteiger partial charge is 0.257 e. The molecule has 29 heavy (non-hydrogen) atoms. The topological polar surface area (TPSA) is 113 Å². The van der Waals surface area contributed by atoms with Gasteiger partial charge in [0.2, 0.25) is 11.6 Å². The number of nitrogens with one attached hydrogen (secondary N) is 2. The summed E-state index contributed by atoms with van der Waals surface area (Å²) in [5, 5.41) is 16.7. The zero-order valence-electron chi connectivity index (χ0n) is 15.3. The van der Waals surface area contributed by atoms with E-state index in [0.717, 1.165) is 23.0 Å². The van der Waals surface area contributed by atoms with Gasteiger partial charge < -0.3 is 25.2 Å². The number of phenolic OH excluding ortho intramolecular Hbond substituents is 1. The van der Waals surface area contributed by atoms with E-state index in [1.54, 1.807) is 23.1 Å². The molecule has 1 aliphatic rings. The van der Waals surface area contributed by atoms with Gasteiger partial charge in [-0.15, -0.1) is 0 Å². The van der Waals surface area contributed by atoms with Crippen molar-refractivity contribution in [3.8, 4) is 5.75 Å². The molecule has 4 rings (SSSR count). The molecular formula is C19H18BrN5O3S. The summed E-state index contributed by atoms with van der Waals surface area (Å²) in [5.74, 6) is 0.0944. The van der Waals surface area contributed by atoms with Crippen molar-refractivity contribution in [1.82, 2.24) is 13.6 Å². The molecule has 1 saturated heterocycles. The Kier molecular flexibility index (Phi) is 5.65. The number of hydrogen-bond donors (Lipinski definition) is 3. The standard InChI is InChI=1S/C19H18BrN5O3S/c20-13-7-1-2-8-14(13)21-17-18(24-29(28)23-17)22-15-9-5-6-12(16(15)26)19(27)25-10-3-4-11-25/h1-2,5-9,26H,3-4,10-11H2,(H,21,23)(H,22,24). The lowest BCUT2D eigenvalue weighted by atomic mass is 10.1. The highest BCUT2D eigenvalue weighted by molar-refractivity contribution is 9.10. The van der Waals surface area contributed by atoms with Crippen LogP contribution in [0.1, 0.15) is 23.2 Å². The number of para-hydroxylation sites is 2. The van der Waals surface area contributed by atoms with Gasteiger partial charge in [0, 0.05) is 26.3 Å². The second-order valence-corrected chi connectivity index (χ2v) is 8.22. The molecule has 2 aromatic carbocycles. The normalized spacial score (nSPS) is 14.1. The second kappa shape index (κ2) is 8.36. The second-order valence-electron chi connectivity index (χ2n) is 6.54. The number of anilines is 4. The van der Waals surface area contributed by atoms with E-state index in [1.807, 2.05) is 24.3 Å². The van der Waals surface area contributed by atoms with Gasteiger partial charge >= 0.3 is 0 Å². The minimum absolute atomic E-state index is 0.176. The summed E-state index contributed by atoms with van der Waals surface area (Å²) >= 11 is 1.66. The molecule has 2 heterocycles. The third kappa shape index (κ3) is 4.19. The van der Waals surface area contributed by atoms with Gasteiger partial charge in [0.25, 0.3) is 5.91 Å². The van der Waals surface area contributed by atoms with Crippen LogP contribution in [0.3, 0.4) is 0 Å². The molecule has 0 bridgehead atoms. The summed E-state index contributed by atoms with van der Waals surface area (Å²) in [5.41, 5.74) is 1.23. The average molecular weight is 476 g/mol. The molecule has 1 fully saturated rings. The molecule has 3 N–H and O–H groups in total. The van der Waals surface area contributed by atoms with E-state index < -0.39 is 11.1 Å². The summed E-state index contributed by atoms with van der Waals surface area (Å²) in [7, 11) is 0. The summed E-state index contributed by atoms with van der Waals surface area (Å²) in [6.45, 7) is 1.38. The van der Waals surface area contributed by atoms with Crippen molar-refractivity contribution in [3.63, 3.8) is 0 Å². The number of hydrogen-bond acceptors (Lipinski definition) is 7. The van der Waals surface area contributed by atoms with Crippen molar-refractivity contribution in [2.24, 2.45) is 0 Å². The average Bonchev–Trinajstić information content (AvgIpc) is 3.35. The summed E-state index contributed by atoms with van der Waals surface area (Å²) in [4.78, 5) is 14.4. The van der Waals surface area contributed by atoms with Crippen molar-refractivity contribution < 1.29 is 14.5 Å². The molecule has 1 amide bonds. The maximum atomic E-state index is 12.7. The zero-order valence-corrected chi connectivity index (χ0v) is 17.7. The van der Waals surface area contributed by atoms with E-state index >= 15 is 0 Å². The van der Waals surface area contributed by atoms with Gasteiger partial charge in [-0.05, 0) is 53.0 Å². The number of rotatable bonds is 5. The SMILES string of the molecule is O=C(c1cccc(Nc2n[s+]([O-])nc2Nc2ccccc2Br)c1O)N1CCCC1. The molecule has 1 aliphatic heterocycles. The first-order valence-electron chi connectivity index (χ1n) is 9.02. The molecule has 3 aromatic rings. The van der Waals surface area contributed by atoms with Gasteiger partial charge in [0.05, 0.1) is 16.9 Å². The van der Waals surface area contributed by atoms with Crippen molar-refractivity contribution in [1.29, 1.82) is 0 Å². The number of halogens is 1. The fourth-order valence-corrected chi connectivity index (χ4v) is 4.15. The van der Waals surface area contributed by atoms with Crippen LogP contribution in [0.25, 0.3) is 0 Å². The lowest BCUT2D eigenvalue weighted by Crippen LogP contribution is -2.27. The van der Waals surface area contributed by atoms with Gasteiger partial charge in [-0.25, -0.2) is 0 Å². The number of benzene rings is 2. The van der Waals surface area contributed by atoms with Crippen molar-refractivity contribution >= 4 is 56.0 Å². The van der Waals surface area contributed by atoms with E-state index in [2.05, 4.69) is 35.3 Å². The lowest BCUT2D eigenvalue weighted by Gasteiger charge is -2.17. The number of likely N-dealkylation sites (tertiary alicyclic amines) is 1. The summed E-state index contributed by atoms with van der Waals surface area (Å²) in [6.07, 6.45) is 1.93. The van der Waals surface area contributed by atoms with Gasteiger partial charge in [0.1, 0.15) is 0 Å². The molecule has 8 nitrogen and oxygen atoms in total. The number of aromatic hydroxyl groups is 1. The van der Waals surface area contributed by atoms with Crippen LogP contribution in [-0.4, -0.2) is 42.3 Å². The van der Waals surface area contributed by atoms with Crippen molar-refractivity contribution in [2.45, 2.75) is 12.8 Å². The molecular weight excluding hydrogens is 458 g/mol. The van der Waals surface area contributed by atoms with Crippen molar-refractivity contribution in [3.05, 3.63) is 52.5 Å². The Hall–Kier alpha value is -2.69. The Balaban J connectivity index is 1.61. The first kappa shape index (κ1) is 19.6. The van der Waals surface area contributed by atoms with Crippen LogP contribution in [0.4, 0.5) is 23.0 Å². The van der Waals surface area contributed by atoms with Crippen LogP contribution < -0.4 is 10.6 Å². The maximum Gasteiger partial charge on any atom is 0.257 e. The highest BCUT2D eigenvalue weighted by Gasteiger charge is 2.24. The van der Waals surface area contributed by atoms with Gasteiger partial charge in [-0.1, -0.05) is 18.2 Å². The van der Waals surface area contributed by atoms with E-state index in [-0.39, 0.29) is 34.5 Å². The van der Waals surface area contributed by atoms with Gasteiger partial charge in [0.15, 0.2) is 16.9 Å². The number of nitrogens with zero attached hydrogens (tertiary/aromatic N) is 3. The minimum Gasteiger partial charge on any atom is -0.546 e. The molecule has 10 heteroatoms. The van der Waals surface area contributed by atoms with Crippen LogP contribution in [0.2, 0.25) is 0 Å².